The maximum atomic E-state index is 5.27. The van der Waals surface area contributed by atoms with Gasteiger partial charge in [-0.25, -0.2) is 0 Å². The molecule has 3 heteroatoms. The van der Waals surface area contributed by atoms with E-state index < -0.39 is 0 Å². The van der Waals surface area contributed by atoms with Crippen molar-refractivity contribution in [1.82, 2.24) is 10.2 Å². The molecule has 0 bridgehead atoms. The van der Waals surface area contributed by atoms with Crippen molar-refractivity contribution < 1.29 is 0 Å². The molecule has 1 aliphatic rings. The van der Waals surface area contributed by atoms with Crippen LogP contribution in [0.15, 0.2) is 0 Å². The van der Waals surface area contributed by atoms with Gasteiger partial charge >= 0.3 is 0 Å². The van der Waals surface area contributed by atoms with Crippen LogP contribution >= 0.6 is 11.8 Å². The maximum Gasteiger partial charge on any atom is 0.0545 e. The molecule has 1 heterocycles. The molecule has 17 heavy (non-hydrogen) atoms. The molecule has 0 aromatic rings. The molecule has 0 aliphatic carbocycles. The molecule has 2 unspecified atom stereocenters. The van der Waals surface area contributed by atoms with Gasteiger partial charge in [-0.05, 0) is 12.3 Å². The molecule has 1 rings (SSSR count). The zero-order valence-electron chi connectivity index (χ0n) is 11.4. The van der Waals surface area contributed by atoms with E-state index >= 15 is 0 Å². The molecule has 1 saturated heterocycles. The highest BCUT2D eigenvalue weighted by Crippen LogP contribution is 2.17. The summed E-state index contributed by atoms with van der Waals surface area (Å²) in [7, 11) is 0. The van der Waals surface area contributed by atoms with E-state index in [2.05, 4.69) is 36.9 Å². The minimum atomic E-state index is 0.669. The number of terminal acetylenes is 1. The molecule has 0 saturated carbocycles. The van der Waals surface area contributed by atoms with Crippen LogP contribution in [0.25, 0.3) is 0 Å². The summed E-state index contributed by atoms with van der Waals surface area (Å²) in [6.45, 7) is 10.4. The first-order chi connectivity index (χ1) is 8.19. The first kappa shape index (κ1) is 14.9. The zero-order valence-corrected chi connectivity index (χ0v) is 12.2. The molecule has 98 valence electrons. The van der Waals surface area contributed by atoms with E-state index in [1.807, 2.05) is 11.8 Å². The van der Waals surface area contributed by atoms with Gasteiger partial charge in [-0.1, -0.05) is 26.7 Å². The maximum absolute atomic E-state index is 5.27. The minimum absolute atomic E-state index is 0.669. The van der Waals surface area contributed by atoms with E-state index in [-0.39, 0.29) is 0 Å². The van der Waals surface area contributed by atoms with Gasteiger partial charge in [0, 0.05) is 37.5 Å². The second kappa shape index (κ2) is 8.02. The van der Waals surface area contributed by atoms with E-state index in [0.29, 0.717) is 12.1 Å². The number of nitrogens with one attached hydrogen (secondary N) is 1. The standard InChI is InChI=1S/C14H26N2S/c1-5-8-17-9-7-16-11-13(6-2)15-10-14(16)12(3)4/h1,12-15H,6-11H2,2-4H3. The van der Waals surface area contributed by atoms with Crippen molar-refractivity contribution in [1.29, 1.82) is 0 Å². The van der Waals surface area contributed by atoms with Crippen LogP contribution in [0.3, 0.4) is 0 Å². The average Bonchev–Trinajstić information content (AvgIpc) is 2.34. The quantitative estimate of drug-likeness (QED) is 0.577. The normalized spacial score (nSPS) is 26.1. The Labute approximate surface area is 111 Å². The number of rotatable bonds is 6. The average molecular weight is 254 g/mol. The molecule has 1 fully saturated rings. The van der Waals surface area contributed by atoms with Crippen LogP contribution in [-0.4, -0.2) is 48.1 Å². The third kappa shape index (κ3) is 4.91. The second-order valence-electron chi connectivity index (χ2n) is 5.08. The Bertz CT molecular complexity index is 247. The van der Waals surface area contributed by atoms with Gasteiger partial charge in [0.15, 0.2) is 0 Å². The van der Waals surface area contributed by atoms with Gasteiger partial charge in [0.25, 0.3) is 0 Å². The van der Waals surface area contributed by atoms with E-state index in [0.717, 1.165) is 24.0 Å². The summed E-state index contributed by atoms with van der Waals surface area (Å²) >= 11 is 1.87. The van der Waals surface area contributed by atoms with Gasteiger partial charge in [0.05, 0.1) is 5.75 Å². The van der Waals surface area contributed by atoms with Crippen LogP contribution in [0.4, 0.5) is 0 Å². The summed E-state index contributed by atoms with van der Waals surface area (Å²) in [4.78, 5) is 2.65. The number of hydrogen-bond acceptors (Lipinski definition) is 3. The van der Waals surface area contributed by atoms with Crippen LogP contribution < -0.4 is 5.32 Å². The highest BCUT2D eigenvalue weighted by molar-refractivity contribution is 7.99. The molecule has 2 atom stereocenters. The van der Waals surface area contributed by atoms with E-state index in [9.17, 15) is 0 Å². The smallest absolute Gasteiger partial charge is 0.0545 e. The SMILES string of the molecule is C#CCSCCN1CC(CC)NCC1C(C)C. The second-order valence-corrected chi connectivity index (χ2v) is 6.18. The van der Waals surface area contributed by atoms with E-state index in [1.165, 1.54) is 19.5 Å². The zero-order chi connectivity index (χ0) is 12.7. The van der Waals surface area contributed by atoms with E-state index in [1.54, 1.807) is 0 Å². The Balaban J connectivity index is 2.41. The Hall–Kier alpha value is -0.170. The molecule has 0 aromatic carbocycles. The number of hydrogen-bond donors (Lipinski definition) is 1. The lowest BCUT2D eigenvalue weighted by molar-refractivity contribution is 0.104. The fourth-order valence-electron chi connectivity index (χ4n) is 2.40. The molecule has 0 amide bonds. The molecular formula is C14H26N2S. The van der Waals surface area contributed by atoms with Crippen molar-refractivity contribution >= 4 is 11.8 Å². The molecular weight excluding hydrogens is 228 g/mol. The van der Waals surface area contributed by atoms with Gasteiger partial charge in [-0.2, -0.15) is 0 Å². The number of thioether (sulfide) groups is 1. The lowest BCUT2D eigenvalue weighted by atomic mass is 9.98. The summed E-state index contributed by atoms with van der Waals surface area (Å²) in [6, 6.07) is 1.35. The monoisotopic (exact) mass is 254 g/mol. The van der Waals surface area contributed by atoms with Crippen molar-refractivity contribution in [3.05, 3.63) is 0 Å². The van der Waals surface area contributed by atoms with Crippen molar-refractivity contribution in [2.24, 2.45) is 5.92 Å². The lowest BCUT2D eigenvalue weighted by Crippen LogP contribution is -2.58. The first-order valence-electron chi connectivity index (χ1n) is 6.67. The van der Waals surface area contributed by atoms with Gasteiger partial charge in [-0.15, -0.1) is 18.2 Å². The molecule has 1 N–H and O–H groups in total. The predicted molar refractivity (Wildman–Crippen MR) is 78.4 cm³/mol. The Morgan fingerprint density at radius 2 is 2.29 bits per heavy atom. The van der Waals surface area contributed by atoms with Crippen molar-refractivity contribution in [3.8, 4) is 12.3 Å². The van der Waals surface area contributed by atoms with Gasteiger partial charge in [0.2, 0.25) is 0 Å². The Kier molecular flexibility index (Phi) is 7.03. The molecule has 2 nitrogen and oxygen atoms in total. The summed E-state index contributed by atoms with van der Waals surface area (Å²) in [5, 5.41) is 3.65. The lowest BCUT2D eigenvalue weighted by Gasteiger charge is -2.42. The highest BCUT2D eigenvalue weighted by Gasteiger charge is 2.28. The third-order valence-corrected chi connectivity index (χ3v) is 4.35. The molecule has 0 radical (unpaired) electrons. The van der Waals surface area contributed by atoms with E-state index in [4.69, 9.17) is 6.42 Å². The van der Waals surface area contributed by atoms with Gasteiger partial charge in [0.1, 0.15) is 0 Å². The summed E-state index contributed by atoms with van der Waals surface area (Å²) in [6.07, 6.45) is 6.49. The Morgan fingerprint density at radius 3 is 2.88 bits per heavy atom. The van der Waals surface area contributed by atoms with Crippen molar-refractivity contribution in [3.63, 3.8) is 0 Å². The topological polar surface area (TPSA) is 15.3 Å². The van der Waals surface area contributed by atoms with Crippen LogP contribution in [-0.2, 0) is 0 Å². The minimum Gasteiger partial charge on any atom is -0.311 e. The summed E-state index contributed by atoms with van der Waals surface area (Å²) in [5.41, 5.74) is 0. The Morgan fingerprint density at radius 1 is 1.53 bits per heavy atom. The van der Waals surface area contributed by atoms with Crippen LogP contribution in [0.2, 0.25) is 0 Å². The summed E-state index contributed by atoms with van der Waals surface area (Å²) in [5.74, 6) is 5.41. The molecule has 0 spiro atoms. The van der Waals surface area contributed by atoms with Gasteiger partial charge in [-0.3, -0.25) is 4.90 Å². The largest absolute Gasteiger partial charge is 0.311 e. The number of piperazine rings is 1. The fourth-order valence-corrected chi connectivity index (χ4v) is 3.03. The van der Waals surface area contributed by atoms with Crippen LogP contribution in [0.1, 0.15) is 27.2 Å². The highest BCUT2D eigenvalue weighted by atomic mass is 32.2. The third-order valence-electron chi connectivity index (χ3n) is 3.51. The first-order valence-corrected chi connectivity index (χ1v) is 7.83. The summed E-state index contributed by atoms with van der Waals surface area (Å²) < 4.78 is 0. The molecule has 1 aliphatic heterocycles. The number of nitrogens with zero attached hydrogens (tertiary/aromatic N) is 1. The fraction of sp³-hybridized carbons (Fsp3) is 0.857. The van der Waals surface area contributed by atoms with Gasteiger partial charge < -0.3 is 5.32 Å². The van der Waals surface area contributed by atoms with Crippen LogP contribution in [0, 0.1) is 18.3 Å². The van der Waals surface area contributed by atoms with Crippen molar-refractivity contribution in [2.75, 3.05) is 31.1 Å². The van der Waals surface area contributed by atoms with Crippen LogP contribution in [0.5, 0.6) is 0 Å². The van der Waals surface area contributed by atoms with Crippen molar-refractivity contribution in [2.45, 2.75) is 39.3 Å². The molecule has 0 aromatic heterocycles. The predicted octanol–water partition coefficient (Wildman–Crippen LogP) is 2.06.